The molecule has 0 bridgehead atoms. The molecule has 0 saturated carbocycles. The van der Waals surface area contributed by atoms with Gasteiger partial charge in [0.25, 0.3) is 0 Å². The normalized spacial score (nSPS) is 17.8. The highest BCUT2D eigenvalue weighted by molar-refractivity contribution is 7.10. The lowest BCUT2D eigenvalue weighted by Gasteiger charge is -2.24. The number of nitrogens with one attached hydrogen (secondary N) is 1. The molecule has 1 aliphatic carbocycles. The summed E-state index contributed by atoms with van der Waals surface area (Å²) in [5.74, 6) is 0. The third kappa shape index (κ3) is 2.50. The number of thiophene rings is 1. The lowest BCUT2D eigenvalue weighted by molar-refractivity contribution is 0.464. The summed E-state index contributed by atoms with van der Waals surface area (Å²) < 4.78 is 0. The molecule has 2 heteroatoms. The number of aryl methyl sites for hydroxylation is 1. The van der Waals surface area contributed by atoms with Crippen LogP contribution in [0.1, 0.15) is 34.9 Å². The first-order chi connectivity index (χ1) is 10.4. The average molecular weight is 293 g/mol. The van der Waals surface area contributed by atoms with E-state index in [0.717, 1.165) is 6.54 Å². The SMILES string of the molecule is c1ccc2c(CNC3CCCc4sccc43)cccc2c1. The van der Waals surface area contributed by atoms with E-state index in [1.807, 2.05) is 11.3 Å². The highest BCUT2D eigenvalue weighted by Gasteiger charge is 2.20. The Morgan fingerprint density at radius 3 is 2.95 bits per heavy atom. The fourth-order valence-corrected chi connectivity index (χ4v) is 4.37. The highest BCUT2D eigenvalue weighted by atomic mass is 32.1. The van der Waals surface area contributed by atoms with E-state index in [2.05, 4.69) is 59.2 Å². The van der Waals surface area contributed by atoms with E-state index in [0.29, 0.717) is 6.04 Å². The van der Waals surface area contributed by atoms with E-state index in [1.54, 1.807) is 4.88 Å². The monoisotopic (exact) mass is 293 g/mol. The van der Waals surface area contributed by atoms with E-state index < -0.39 is 0 Å². The molecule has 0 radical (unpaired) electrons. The molecule has 1 aliphatic rings. The van der Waals surface area contributed by atoms with Crippen LogP contribution >= 0.6 is 11.3 Å². The molecule has 1 unspecified atom stereocenters. The zero-order valence-electron chi connectivity index (χ0n) is 12.0. The molecule has 3 aromatic rings. The van der Waals surface area contributed by atoms with Crippen LogP contribution in [0.5, 0.6) is 0 Å². The molecule has 21 heavy (non-hydrogen) atoms. The zero-order chi connectivity index (χ0) is 14.1. The van der Waals surface area contributed by atoms with Crippen LogP contribution in [0.15, 0.2) is 53.9 Å². The van der Waals surface area contributed by atoms with Crippen LogP contribution in [0.25, 0.3) is 10.8 Å². The van der Waals surface area contributed by atoms with E-state index in [-0.39, 0.29) is 0 Å². The summed E-state index contributed by atoms with van der Waals surface area (Å²) in [5, 5.41) is 8.72. The number of hydrogen-bond acceptors (Lipinski definition) is 2. The summed E-state index contributed by atoms with van der Waals surface area (Å²) >= 11 is 1.91. The van der Waals surface area contributed by atoms with Crippen LogP contribution in [0.3, 0.4) is 0 Å². The van der Waals surface area contributed by atoms with Gasteiger partial charge in [-0.1, -0.05) is 42.5 Å². The van der Waals surface area contributed by atoms with Crippen molar-refractivity contribution in [3.8, 4) is 0 Å². The van der Waals surface area contributed by atoms with Gasteiger partial charge in [-0.05, 0) is 52.6 Å². The third-order valence-electron chi connectivity index (χ3n) is 4.47. The Hall–Kier alpha value is -1.64. The maximum absolute atomic E-state index is 3.78. The topological polar surface area (TPSA) is 12.0 Å². The van der Waals surface area contributed by atoms with Crippen LogP contribution < -0.4 is 5.32 Å². The van der Waals surface area contributed by atoms with E-state index >= 15 is 0 Å². The fraction of sp³-hybridized carbons (Fsp3) is 0.263. The molecule has 1 N–H and O–H groups in total. The smallest absolute Gasteiger partial charge is 0.0334 e. The molecule has 0 saturated heterocycles. The zero-order valence-corrected chi connectivity index (χ0v) is 12.8. The van der Waals surface area contributed by atoms with Crippen molar-refractivity contribution in [3.05, 3.63) is 69.9 Å². The minimum atomic E-state index is 0.527. The summed E-state index contributed by atoms with van der Waals surface area (Å²) in [6.07, 6.45) is 3.83. The second kappa shape index (κ2) is 5.63. The van der Waals surface area contributed by atoms with Gasteiger partial charge in [0.2, 0.25) is 0 Å². The van der Waals surface area contributed by atoms with Gasteiger partial charge in [0.05, 0.1) is 0 Å². The van der Waals surface area contributed by atoms with Crippen molar-refractivity contribution < 1.29 is 0 Å². The fourth-order valence-electron chi connectivity index (χ4n) is 3.38. The van der Waals surface area contributed by atoms with Crippen LogP contribution in [0.2, 0.25) is 0 Å². The van der Waals surface area contributed by atoms with Gasteiger partial charge in [0.1, 0.15) is 0 Å². The van der Waals surface area contributed by atoms with Crippen LogP contribution in [-0.4, -0.2) is 0 Å². The van der Waals surface area contributed by atoms with Crippen LogP contribution in [-0.2, 0) is 13.0 Å². The molecule has 0 spiro atoms. The summed E-state index contributed by atoms with van der Waals surface area (Å²) in [6.45, 7) is 0.946. The van der Waals surface area contributed by atoms with E-state index in [1.165, 1.54) is 41.2 Å². The average Bonchev–Trinajstić information content (AvgIpc) is 3.02. The minimum Gasteiger partial charge on any atom is -0.306 e. The Morgan fingerprint density at radius 2 is 1.95 bits per heavy atom. The van der Waals surface area contributed by atoms with Gasteiger partial charge in [-0.25, -0.2) is 0 Å². The molecule has 0 amide bonds. The molecule has 1 nitrogen and oxygen atoms in total. The molecular weight excluding hydrogens is 274 g/mol. The third-order valence-corrected chi connectivity index (χ3v) is 5.47. The quantitative estimate of drug-likeness (QED) is 0.711. The van der Waals surface area contributed by atoms with Crippen molar-refractivity contribution in [1.82, 2.24) is 5.32 Å². The lowest BCUT2D eigenvalue weighted by Crippen LogP contribution is -2.23. The molecule has 1 aromatic heterocycles. The second-order valence-electron chi connectivity index (χ2n) is 5.76. The predicted molar refractivity (Wildman–Crippen MR) is 90.8 cm³/mol. The molecule has 0 fully saturated rings. The van der Waals surface area contributed by atoms with Crippen molar-refractivity contribution in [2.75, 3.05) is 0 Å². The predicted octanol–water partition coefficient (Wildman–Crippen LogP) is 5.07. The molecule has 1 atom stereocenters. The van der Waals surface area contributed by atoms with Crippen molar-refractivity contribution in [1.29, 1.82) is 0 Å². The maximum Gasteiger partial charge on any atom is 0.0334 e. The van der Waals surface area contributed by atoms with Crippen LogP contribution in [0.4, 0.5) is 0 Å². The molecular formula is C19H19NS. The van der Waals surface area contributed by atoms with Crippen molar-refractivity contribution in [3.63, 3.8) is 0 Å². The van der Waals surface area contributed by atoms with Crippen molar-refractivity contribution in [2.24, 2.45) is 0 Å². The van der Waals surface area contributed by atoms with Gasteiger partial charge in [-0.2, -0.15) is 0 Å². The number of hydrogen-bond donors (Lipinski definition) is 1. The molecule has 2 aromatic carbocycles. The highest BCUT2D eigenvalue weighted by Crippen LogP contribution is 2.33. The molecule has 4 rings (SSSR count). The van der Waals surface area contributed by atoms with Crippen LogP contribution in [0, 0.1) is 0 Å². The van der Waals surface area contributed by atoms with Crippen molar-refractivity contribution in [2.45, 2.75) is 31.8 Å². The Kier molecular flexibility index (Phi) is 3.50. The van der Waals surface area contributed by atoms with E-state index in [9.17, 15) is 0 Å². The first-order valence-corrected chi connectivity index (χ1v) is 8.56. The summed E-state index contributed by atoms with van der Waals surface area (Å²) in [6, 6.07) is 18.1. The summed E-state index contributed by atoms with van der Waals surface area (Å²) in [4.78, 5) is 1.58. The number of rotatable bonds is 3. The first kappa shape index (κ1) is 13.1. The summed E-state index contributed by atoms with van der Waals surface area (Å²) in [7, 11) is 0. The first-order valence-electron chi connectivity index (χ1n) is 7.68. The second-order valence-corrected chi connectivity index (χ2v) is 6.76. The Balaban J connectivity index is 1.57. The molecule has 1 heterocycles. The molecule has 0 aliphatic heterocycles. The van der Waals surface area contributed by atoms with Gasteiger partial charge in [-0.15, -0.1) is 11.3 Å². The van der Waals surface area contributed by atoms with Gasteiger partial charge < -0.3 is 5.32 Å². The Morgan fingerprint density at radius 1 is 1.05 bits per heavy atom. The standard InChI is InChI=1S/C19H19NS/c1-2-8-16-14(5-1)6-3-7-15(16)13-20-18-9-4-10-19-17(18)11-12-21-19/h1-3,5-8,11-12,18,20H,4,9-10,13H2. The van der Waals surface area contributed by atoms with Crippen molar-refractivity contribution >= 4 is 22.1 Å². The van der Waals surface area contributed by atoms with Gasteiger partial charge in [-0.3, -0.25) is 0 Å². The maximum atomic E-state index is 3.78. The largest absolute Gasteiger partial charge is 0.306 e. The van der Waals surface area contributed by atoms with Gasteiger partial charge in [0, 0.05) is 17.5 Å². The number of benzene rings is 2. The van der Waals surface area contributed by atoms with Gasteiger partial charge >= 0.3 is 0 Å². The minimum absolute atomic E-state index is 0.527. The van der Waals surface area contributed by atoms with Gasteiger partial charge in [0.15, 0.2) is 0 Å². The van der Waals surface area contributed by atoms with E-state index in [4.69, 9.17) is 0 Å². The Labute approximate surface area is 129 Å². The Bertz CT molecular complexity index is 754. The molecule has 106 valence electrons. The summed E-state index contributed by atoms with van der Waals surface area (Å²) in [5.41, 5.74) is 2.93. The number of fused-ring (bicyclic) bond motifs is 2. The lowest BCUT2D eigenvalue weighted by atomic mass is 9.93.